The van der Waals surface area contributed by atoms with Gasteiger partial charge in [-0.15, -0.1) is 0 Å². The monoisotopic (exact) mass is 715 g/mol. The van der Waals surface area contributed by atoms with Crippen molar-refractivity contribution in [1.29, 1.82) is 0 Å². The highest BCUT2D eigenvalue weighted by atomic mass is 15.2. The van der Waals surface area contributed by atoms with E-state index in [4.69, 9.17) is 0 Å². The lowest BCUT2D eigenvalue weighted by Crippen LogP contribution is -2.47. The van der Waals surface area contributed by atoms with Gasteiger partial charge in [0.25, 0.3) is 0 Å². The molecule has 0 saturated heterocycles. The van der Waals surface area contributed by atoms with Crippen LogP contribution in [-0.4, -0.2) is 6.04 Å². The molecule has 5 aromatic carbocycles. The van der Waals surface area contributed by atoms with Crippen LogP contribution in [0.3, 0.4) is 0 Å². The van der Waals surface area contributed by atoms with Crippen molar-refractivity contribution < 1.29 is 0 Å². The van der Waals surface area contributed by atoms with E-state index in [1.165, 1.54) is 78.2 Å². The Morgan fingerprint density at radius 3 is 2.00 bits per heavy atom. The van der Waals surface area contributed by atoms with E-state index in [1.807, 2.05) is 6.08 Å². The summed E-state index contributed by atoms with van der Waals surface area (Å²) in [7, 11) is 0. The second kappa shape index (κ2) is 12.3. The van der Waals surface area contributed by atoms with E-state index in [-0.39, 0.29) is 28.2 Å². The third-order valence-corrected chi connectivity index (χ3v) is 12.7. The Hall–Kier alpha value is -5.40. The van der Waals surface area contributed by atoms with Gasteiger partial charge in [-0.3, -0.25) is 0 Å². The van der Waals surface area contributed by atoms with E-state index in [1.54, 1.807) is 0 Å². The van der Waals surface area contributed by atoms with Gasteiger partial charge in [0.15, 0.2) is 0 Å². The van der Waals surface area contributed by atoms with Gasteiger partial charge in [-0.05, 0) is 102 Å². The fourth-order valence-corrected chi connectivity index (χ4v) is 10.4. The van der Waals surface area contributed by atoms with E-state index < -0.39 is 5.41 Å². The third-order valence-electron chi connectivity index (χ3n) is 12.7. The van der Waals surface area contributed by atoms with Crippen LogP contribution in [0.15, 0.2) is 164 Å². The smallest absolute Gasteiger partial charge is 0.0609 e. The van der Waals surface area contributed by atoms with Crippen molar-refractivity contribution >= 4 is 22.5 Å². The number of anilines is 2. The van der Waals surface area contributed by atoms with Gasteiger partial charge in [0.2, 0.25) is 0 Å². The Labute approximate surface area is 329 Å². The fraction of sp³-hybridized carbons (Fsp3) is 0.259. The molecule has 0 aromatic heterocycles. The summed E-state index contributed by atoms with van der Waals surface area (Å²) in [6.07, 6.45) is 14.1. The molecule has 5 aromatic rings. The number of benzene rings is 5. The lowest BCUT2D eigenvalue weighted by molar-refractivity contribution is 0.434. The van der Waals surface area contributed by atoms with Gasteiger partial charge in [-0.25, -0.2) is 0 Å². The second-order valence-electron chi connectivity index (χ2n) is 18.7. The largest absolute Gasteiger partial charge is 0.334 e. The normalized spacial score (nSPS) is 22.9. The van der Waals surface area contributed by atoms with Crippen molar-refractivity contribution in [3.8, 4) is 11.1 Å². The first kappa shape index (κ1) is 35.3. The maximum Gasteiger partial charge on any atom is 0.0609 e. The molecule has 274 valence electrons. The van der Waals surface area contributed by atoms with Gasteiger partial charge in [0.1, 0.15) is 0 Å². The van der Waals surface area contributed by atoms with Crippen LogP contribution in [0.25, 0.3) is 22.3 Å². The SMILES string of the molecule is C=C/C=C1\C(=C/C(C)(C)C)C2(c3ccccc3C3=CC=CC(N(c4ccccc4)c4ccc5c(c4)C(C)(C)c4ccccc4-5)C32)c2cc(C(C)(C)C)ccc21. The molecule has 0 radical (unpaired) electrons. The first-order valence-electron chi connectivity index (χ1n) is 20.1. The number of para-hydroxylation sites is 1. The summed E-state index contributed by atoms with van der Waals surface area (Å²) in [6.45, 7) is 23.1. The van der Waals surface area contributed by atoms with Gasteiger partial charge in [-0.1, -0.05) is 189 Å². The lowest BCUT2D eigenvalue weighted by Gasteiger charge is -2.46. The molecule has 1 nitrogen and oxygen atoms in total. The zero-order valence-corrected chi connectivity index (χ0v) is 33.7. The molecular weight excluding hydrogens is 663 g/mol. The van der Waals surface area contributed by atoms with E-state index >= 15 is 0 Å². The topological polar surface area (TPSA) is 3.24 Å². The van der Waals surface area contributed by atoms with Crippen molar-refractivity contribution in [3.63, 3.8) is 0 Å². The third kappa shape index (κ3) is 5.19. The Bertz CT molecular complexity index is 2500. The van der Waals surface area contributed by atoms with Crippen molar-refractivity contribution in [2.24, 2.45) is 11.3 Å². The van der Waals surface area contributed by atoms with Crippen LogP contribution in [0.4, 0.5) is 11.4 Å². The summed E-state index contributed by atoms with van der Waals surface area (Å²) < 4.78 is 0. The Balaban J connectivity index is 1.36. The first-order chi connectivity index (χ1) is 26.3. The van der Waals surface area contributed by atoms with Crippen LogP contribution in [0.2, 0.25) is 0 Å². The second-order valence-corrected chi connectivity index (χ2v) is 18.7. The highest BCUT2D eigenvalue weighted by Crippen LogP contribution is 2.68. The van der Waals surface area contributed by atoms with Gasteiger partial charge in [0.05, 0.1) is 11.5 Å². The maximum absolute atomic E-state index is 4.27. The number of allylic oxidation sites excluding steroid dienone is 7. The van der Waals surface area contributed by atoms with Crippen LogP contribution in [0, 0.1) is 11.3 Å². The predicted octanol–water partition coefficient (Wildman–Crippen LogP) is 13.9. The molecule has 3 unspecified atom stereocenters. The Morgan fingerprint density at radius 1 is 0.636 bits per heavy atom. The average Bonchev–Trinajstić information content (AvgIpc) is 3.70. The summed E-state index contributed by atoms with van der Waals surface area (Å²) in [5.41, 5.74) is 18.2. The van der Waals surface area contributed by atoms with Gasteiger partial charge >= 0.3 is 0 Å². The predicted molar refractivity (Wildman–Crippen MR) is 235 cm³/mol. The van der Waals surface area contributed by atoms with E-state index in [0.717, 1.165) is 0 Å². The zero-order chi connectivity index (χ0) is 38.5. The standard InChI is InChI=1S/C54H53N/c1-10-19-38-42-30-28-35(52(5,6)7)32-47(42)54(48(38)34-51(2,3)4)45-26-17-15-23-40(45)43-24-18-27-49(50(43)54)55(36-20-12-11-13-21-36)37-29-31-41-39-22-14-16-25-44(39)53(8,9)46(41)33-37/h10-34,49-50H,1H2,2-9H3/b38-19-,48-34+. The van der Waals surface area contributed by atoms with Crippen molar-refractivity contribution in [1.82, 2.24) is 0 Å². The molecule has 4 aliphatic carbocycles. The van der Waals surface area contributed by atoms with Crippen LogP contribution >= 0.6 is 0 Å². The van der Waals surface area contributed by atoms with E-state index in [9.17, 15) is 0 Å². The van der Waals surface area contributed by atoms with Gasteiger partial charge < -0.3 is 4.90 Å². The Kier molecular flexibility index (Phi) is 7.90. The fourth-order valence-electron chi connectivity index (χ4n) is 10.4. The first-order valence-corrected chi connectivity index (χ1v) is 20.1. The van der Waals surface area contributed by atoms with E-state index in [2.05, 4.69) is 213 Å². The van der Waals surface area contributed by atoms with Gasteiger partial charge in [0, 0.05) is 22.7 Å². The lowest BCUT2D eigenvalue weighted by atomic mass is 9.62. The zero-order valence-electron chi connectivity index (χ0n) is 33.7. The summed E-state index contributed by atoms with van der Waals surface area (Å²) >= 11 is 0. The quantitative estimate of drug-likeness (QED) is 0.179. The Morgan fingerprint density at radius 2 is 1.29 bits per heavy atom. The summed E-state index contributed by atoms with van der Waals surface area (Å²) in [6, 6.07) is 43.9. The number of rotatable bonds is 4. The minimum absolute atomic E-state index is 0.00247. The molecule has 0 bridgehead atoms. The van der Waals surface area contributed by atoms with Crippen LogP contribution in [0.1, 0.15) is 94.3 Å². The molecule has 9 rings (SSSR count). The molecule has 0 saturated carbocycles. The molecule has 0 amide bonds. The molecule has 0 N–H and O–H groups in total. The van der Waals surface area contributed by atoms with Crippen molar-refractivity contribution in [2.75, 3.05) is 4.90 Å². The molecule has 0 aliphatic heterocycles. The van der Waals surface area contributed by atoms with E-state index in [0.29, 0.717) is 0 Å². The molecule has 0 heterocycles. The van der Waals surface area contributed by atoms with Crippen LogP contribution < -0.4 is 4.90 Å². The number of hydrogen-bond acceptors (Lipinski definition) is 1. The minimum Gasteiger partial charge on any atom is -0.334 e. The molecule has 4 aliphatic rings. The molecule has 3 atom stereocenters. The highest BCUT2D eigenvalue weighted by Gasteiger charge is 2.61. The minimum atomic E-state index is -0.449. The van der Waals surface area contributed by atoms with Gasteiger partial charge in [-0.2, -0.15) is 0 Å². The van der Waals surface area contributed by atoms with Crippen molar-refractivity contribution in [2.45, 2.75) is 77.7 Å². The number of fused-ring (bicyclic) bond motifs is 10. The average molecular weight is 716 g/mol. The van der Waals surface area contributed by atoms with Crippen LogP contribution in [0.5, 0.6) is 0 Å². The van der Waals surface area contributed by atoms with Crippen LogP contribution in [-0.2, 0) is 16.2 Å². The summed E-state index contributed by atoms with van der Waals surface area (Å²) in [5.74, 6) is 0.0758. The summed E-state index contributed by atoms with van der Waals surface area (Å²) in [4.78, 5) is 2.65. The molecular formula is C54H53N. The number of hydrogen-bond donors (Lipinski definition) is 0. The van der Waals surface area contributed by atoms with Crippen molar-refractivity contribution in [3.05, 3.63) is 203 Å². The molecule has 1 heteroatoms. The maximum atomic E-state index is 4.27. The highest BCUT2D eigenvalue weighted by molar-refractivity contribution is 5.99. The number of nitrogens with zero attached hydrogens (tertiary/aromatic N) is 1. The molecule has 0 fully saturated rings. The molecule has 55 heavy (non-hydrogen) atoms. The molecule has 1 spiro atoms. The summed E-state index contributed by atoms with van der Waals surface area (Å²) in [5, 5.41) is 0.